The van der Waals surface area contributed by atoms with E-state index in [0.717, 1.165) is 68.7 Å². The number of ether oxygens (including phenoxy) is 1. The highest BCUT2D eigenvalue weighted by atomic mass is 16.5. The lowest BCUT2D eigenvalue weighted by Crippen LogP contribution is -2.36. The standard InChI is InChI=1S/C34H35N3O2/c1-2-25-19-26-8-3-4-9-29(26)34(33(25)38)21-30(34)27-11-12-28-31(35-36-32(28)20-27)13-10-23-6-5-7-24(18-23)22-37-14-16-39-17-15-37/h3-13,18,20,25,30H,2,14-17,19,21-22H2,1H3,(H,35,36)/b13-10+. The molecule has 3 aromatic carbocycles. The average molecular weight is 518 g/mol. The molecule has 0 amide bonds. The molecule has 4 aromatic rings. The van der Waals surface area contributed by atoms with Crippen LogP contribution in [0.5, 0.6) is 0 Å². The zero-order valence-electron chi connectivity index (χ0n) is 22.5. The zero-order chi connectivity index (χ0) is 26.4. The molecule has 1 aliphatic heterocycles. The van der Waals surface area contributed by atoms with Crippen molar-refractivity contribution in [1.29, 1.82) is 0 Å². The van der Waals surface area contributed by atoms with Gasteiger partial charge in [-0.25, -0.2) is 0 Å². The number of fused-ring (bicyclic) bond motifs is 3. The number of carbonyl (C=O) groups excluding carboxylic acids is 1. The number of H-pyrrole nitrogens is 1. The second-order valence-electron chi connectivity index (χ2n) is 11.4. The summed E-state index contributed by atoms with van der Waals surface area (Å²) in [6, 6.07) is 23.9. The maximum atomic E-state index is 13.7. The van der Waals surface area contributed by atoms with Crippen molar-refractivity contribution in [3.63, 3.8) is 0 Å². The van der Waals surface area contributed by atoms with Crippen LogP contribution in [-0.2, 0) is 27.9 Å². The minimum absolute atomic E-state index is 0.130. The Bertz CT molecular complexity index is 1560. The minimum Gasteiger partial charge on any atom is -0.379 e. The van der Waals surface area contributed by atoms with Crippen molar-refractivity contribution >= 4 is 28.8 Å². The van der Waals surface area contributed by atoms with Crippen molar-refractivity contribution < 1.29 is 9.53 Å². The zero-order valence-corrected chi connectivity index (χ0v) is 22.5. The Kier molecular flexibility index (Phi) is 6.21. The normalized spacial score (nSPS) is 25.0. The fraction of sp³-hybridized carbons (Fsp3) is 0.353. The van der Waals surface area contributed by atoms with E-state index in [1.54, 1.807) is 0 Å². The third kappa shape index (κ3) is 4.34. The van der Waals surface area contributed by atoms with E-state index < -0.39 is 0 Å². The third-order valence-corrected chi connectivity index (χ3v) is 9.14. The molecule has 39 heavy (non-hydrogen) atoms. The van der Waals surface area contributed by atoms with E-state index in [9.17, 15) is 4.79 Å². The Balaban J connectivity index is 1.12. The molecular formula is C34H35N3O2. The van der Waals surface area contributed by atoms with Gasteiger partial charge in [0, 0.05) is 36.9 Å². The number of aromatic nitrogens is 2. The van der Waals surface area contributed by atoms with Gasteiger partial charge in [-0.1, -0.05) is 73.7 Å². The Labute approximate surface area is 229 Å². The lowest BCUT2D eigenvalue weighted by Gasteiger charge is -2.31. The number of ketones is 1. The molecule has 198 valence electrons. The molecular weight excluding hydrogens is 482 g/mol. The van der Waals surface area contributed by atoms with Crippen LogP contribution in [0.1, 0.15) is 59.2 Å². The number of nitrogens with one attached hydrogen (secondary N) is 1. The number of rotatable bonds is 6. The largest absolute Gasteiger partial charge is 0.379 e. The predicted octanol–water partition coefficient (Wildman–Crippen LogP) is 6.14. The Hall–Kier alpha value is -3.54. The van der Waals surface area contributed by atoms with Gasteiger partial charge in [-0.2, -0.15) is 5.10 Å². The predicted molar refractivity (Wildman–Crippen MR) is 156 cm³/mol. The van der Waals surface area contributed by atoms with Gasteiger partial charge in [0.15, 0.2) is 0 Å². The molecule has 3 unspecified atom stereocenters. The van der Waals surface area contributed by atoms with Crippen LogP contribution in [0.3, 0.4) is 0 Å². The third-order valence-electron chi connectivity index (χ3n) is 9.14. The van der Waals surface area contributed by atoms with Crippen LogP contribution >= 0.6 is 0 Å². The van der Waals surface area contributed by atoms with Gasteiger partial charge in [0.25, 0.3) is 0 Å². The SMILES string of the molecule is CCC1Cc2ccccc2C2(CC2c2ccc3c(/C=C/c4cccc(CN5CCOCC5)c4)n[nH]c3c2)C1=O. The maximum absolute atomic E-state index is 13.7. The van der Waals surface area contributed by atoms with Crippen LogP contribution in [-0.4, -0.2) is 47.2 Å². The first-order valence-electron chi connectivity index (χ1n) is 14.3. The number of hydrogen-bond acceptors (Lipinski definition) is 4. The summed E-state index contributed by atoms with van der Waals surface area (Å²) in [6.07, 6.45) is 6.94. The van der Waals surface area contributed by atoms with Gasteiger partial charge in [0.05, 0.1) is 29.8 Å². The van der Waals surface area contributed by atoms with E-state index in [1.807, 2.05) is 0 Å². The second kappa shape index (κ2) is 9.89. The number of morpholine rings is 1. The average Bonchev–Trinajstić information content (AvgIpc) is 3.59. The molecule has 3 atom stereocenters. The van der Waals surface area contributed by atoms with Crippen molar-refractivity contribution in [2.75, 3.05) is 26.3 Å². The molecule has 0 radical (unpaired) electrons. The summed E-state index contributed by atoms with van der Waals surface area (Å²) >= 11 is 0. The lowest BCUT2D eigenvalue weighted by atomic mass is 9.71. The summed E-state index contributed by atoms with van der Waals surface area (Å²) in [6.45, 7) is 6.71. The number of carbonyl (C=O) groups is 1. The first kappa shape index (κ1) is 24.5. The molecule has 1 N–H and O–H groups in total. The number of benzene rings is 3. The molecule has 2 fully saturated rings. The monoisotopic (exact) mass is 517 g/mol. The molecule has 7 rings (SSSR count). The van der Waals surface area contributed by atoms with Crippen molar-refractivity contribution in [2.45, 2.75) is 44.1 Å². The number of Topliss-reactive ketones (excluding diaryl/α,β-unsaturated/α-hetero) is 1. The summed E-state index contributed by atoms with van der Waals surface area (Å²) in [4.78, 5) is 16.1. The summed E-state index contributed by atoms with van der Waals surface area (Å²) in [5, 5.41) is 8.98. The molecule has 1 spiro atoms. The number of hydrogen-bond donors (Lipinski definition) is 1. The summed E-state index contributed by atoms with van der Waals surface area (Å²) in [5.41, 5.74) is 7.95. The summed E-state index contributed by atoms with van der Waals surface area (Å²) in [7, 11) is 0. The van der Waals surface area contributed by atoms with E-state index >= 15 is 0 Å². The van der Waals surface area contributed by atoms with E-state index in [1.165, 1.54) is 27.8 Å². The molecule has 5 heteroatoms. The van der Waals surface area contributed by atoms with E-state index in [4.69, 9.17) is 4.74 Å². The summed E-state index contributed by atoms with van der Waals surface area (Å²) < 4.78 is 5.48. The van der Waals surface area contributed by atoms with Crippen molar-refractivity contribution in [2.24, 2.45) is 5.92 Å². The van der Waals surface area contributed by atoms with Crippen LogP contribution in [0.25, 0.3) is 23.1 Å². The van der Waals surface area contributed by atoms with Gasteiger partial charge in [-0.05, 0) is 59.2 Å². The van der Waals surface area contributed by atoms with Crippen LogP contribution in [0, 0.1) is 5.92 Å². The fourth-order valence-corrected chi connectivity index (χ4v) is 6.94. The van der Waals surface area contributed by atoms with Gasteiger partial charge in [-0.15, -0.1) is 0 Å². The highest BCUT2D eigenvalue weighted by Crippen LogP contribution is 2.64. The quantitative estimate of drug-likeness (QED) is 0.334. The van der Waals surface area contributed by atoms with E-state index in [2.05, 4.69) is 101 Å². The molecule has 3 aliphatic rings. The molecule has 2 aliphatic carbocycles. The van der Waals surface area contributed by atoms with Crippen LogP contribution in [0.4, 0.5) is 0 Å². The van der Waals surface area contributed by atoms with Crippen molar-refractivity contribution in [3.05, 3.63) is 100 Å². The smallest absolute Gasteiger partial charge is 0.147 e. The maximum Gasteiger partial charge on any atom is 0.147 e. The van der Waals surface area contributed by atoms with Crippen LogP contribution in [0.2, 0.25) is 0 Å². The van der Waals surface area contributed by atoms with Crippen molar-refractivity contribution in [1.82, 2.24) is 15.1 Å². The molecule has 5 nitrogen and oxygen atoms in total. The number of nitrogens with zero attached hydrogens (tertiary/aromatic N) is 2. The fourth-order valence-electron chi connectivity index (χ4n) is 6.94. The molecule has 1 aromatic heterocycles. The van der Waals surface area contributed by atoms with Crippen LogP contribution < -0.4 is 0 Å². The lowest BCUT2D eigenvalue weighted by molar-refractivity contribution is -0.126. The highest BCUT2D eigenvalue weighted by molar-refractivity contribution is 5.99. The van der Waals surface area contributed by atoms with Gasteiger partial charge in [0.1, 0.15) is 5.78 Å². The van der Waals surface area contributed by atoms with Crippen LogP contribution in [0.15, 0.2) is 66.7 Å². The molecule has 1 saturated heterocycles. The molecule has 1 saturated carbocycles. The molecule has 0 bridgehead atoms. The molecule has 2 heterocycles. The minimum atomic E-state index is -0.349. The Morgan fingerprint density at radius 3 is 2.79 bits per heavy atom. The topological polar surface area (TPSA) is 58.2 Å². The first-order chi connectivity index (χ1) is 19.2. The van der Waals surface area contributed by atoms with Gasteiger partial charge in [0.2, 0.25) is 0 Å². The van der Waals surface area contributed by atoms with Gasteiger partial charge >= 0.3 is 0 Å². The summed E-state index contributed by atoms with van der Waals surface area (Å²) in [5.74, 6) is 0.809. The van der Waals surface area contributed by atoms with Crippen molar-refractivity contribution in [3.8, 4) is 0 Å². The number of aromatic amines is 1. The Morgan fingerprint density at radius 1 is 1.05 bits per heavy atom. The van der Waals surface area contributed by atoms with E-state index in [0.29, 0.717) is 5.78 Å². The Morgan fingerprint density at radius 2 is 1.92 bits per heavy atom. The van der Waals surface area contributed by atoms with Gasteiger partial charge in [-0.3, -0.25) is 14.8 Å². The second-order valence-corrected chi connectivity index (χ2v) is 11.4. The first-order valence-corrected chi connectivity index (χ1v) is 14.3. The highest BCUT2D eigenvalue weighted by Gasteiger charge is 2.64. The van der Waals surface area contributed by atoms with E-state index in [-0.39, 0.29) is 17.3 Å². The van der Waals surface area contributed by atoms with Gasteiger partial charge < -0.3 is 4.74 Å².